The zero-order chi connectivity index (χ0) is 13.8. The molecule has 0 bridgehead atoms. The highest BCUT2D eigenvalue weighted by Crippen LogP contribution is 2.31. The summed E-state index contributed by atoms with van der Waals surface area (Å²) >= 11 is 3.58. The molecule has 2 heteroatoms. The lowest BCUT2D eigenvalue weighted by Crippen LogP contribution is -2.43. The maximum absolute atomic E-state index is 3.77. The van der Waals surface area contributed by atoms with E-state index in [4.69, 9.17) is 0 Å². The van der Waals surface area contributed by atoms with Crippen molar-refractivity contribution < 1.29 is 0 Å². The van der Waals surface area contributed by atoms with Crippen molar-refractivity contribution in [2.24, 2.45) is 11.8 Å². The Morgan fingerprint density at radius 2 is 2.11 bits per heavy atom. The number of fused-ring (bicyclic) bond motifs is 1. The summed E-state index contributed by atoms with van der Waals surface area (Å²) in [5.74, 6) is 1.51. The highest BCUT2D eigenvalue weighted by atomic mass is 79.9. The first-order valence-corrected chi connectivity index (χ1v) is 8.41. The van der Waals surface area contributed by atoms with E-state index in [2.05, 4.69) is 60.2 Å². The van der Waals surface area contributed by atoms with Crippen LogP contribution in [-0.4, -0.2) is 12.6 Å². The van der Waals surface area contributed by atoms with E-state index in [9.17, 15) is 0 Å². The maximum Gasteiger partial charge on any atom is 0.0178 e. The van der Waals surface area contributed by atoms with Crippen LogP contribution in [-0.2, 0) is 12.8 Å². The molecule has 2 unspecified atom stereocenters. The van der Waals surface area contributed by atoms with E-state index in [0.29, 0.717) is 12.0 Å². The van der Waals surface area contributed by atoms with Crippen molar-refractivity contribution >= 4 is 15.9 Å². The second-order valence-corrected chi connectivity index (χ2v) is 7.06. The van der Waals surface area contributed by atoms with E-state index in [0.717, 1.165) is 12.5 Å². The van der Waals surface area contributed by atoms with Gasteiger partial charge in [0.25, 0.3) is 0 Å². The molecule has 1 nitrogen and oxygen atoms in total. The van der Waals surface area contributed by atoms with Gasteiger partial charge in [-0.15, -0.1) is 0 Å². The molecule has 0 spiro atoms. The molecule has 0 radical (unpaired) electrons. The molecule has 1 aromatic carbocycles. The van der Waals surface area contributed by atoms with Gasteiger partial charge in [-0.1, -0.05) is 42.8 Å². The van der Waals surface area contributed by atoms with E-state index in [1.54, 1.807) is 11.1 Å². The molecule has 1 N–H and O–H groups in total. The molecule has 0 fully saturated rings. The number of hydrogen-bond donors (Lipinski definition) is 1. The zero-order valence-corrected chi connectivity index (χ0v) is 14.0. The monoisotopic (exact) mass is 323 g/mol. The van der Waals surface area contributed by atoms with E-state index in [-0.39, 0.29) is 0 Å². The molecule has 0 saturated carbocycles. The quantitative estimate of drug-likeness (QED) is 0.836. The fourth-order valence-corrected chi connectivity index (χ4v) is 3.72. The van der Waals surface area contributed by atoms with Gasteiger partial charge in [0.2, 0.25) is 0 Å². The standard InChI is InChI=1S/C17H26BrN/c1-4-9-19-17(12(2)3)15-6-5-14-11-16(18)8-7-13(14)10-15/h7-8,11-12,15,17,19H,4-6,9-10H2,1-3H3. The number of benzene rings is 1. The summed E-state index contributed by atoms with van der Waals surface area (Å²) in [4.78, 5) is 0. The van der Waals surface area contributed by atoms with Gasteiger partial charge in [-0.2, -0.15) is 0 Å². The Labute approximate surface area is 126 Å². The summed E-state index contributed by atoms with van der Waals surface area (Å²) in [5.41, 5.74) is 3.10. The number of nitrogens with one attached hydrogen (secondary N) is 1. The largest absolute Gasteiger partial charge is 0.313 e. The van der Waals surface area contributed by atoms with Crippen LogP contribution in [0, 0.1) is 11.8 Å². The molecule has 0 aromatic heterocycles. The zero-order valence-electron chi connectivity index (χ0n) is 12.4. The van der Waals surface area contributed by atoms with E-state index in [1.807, 2.05) is 0 Å². The van der Waals surface area contributed by atoms with Gasteiger partial charge in [0.1, 0.15) is 0 Å². The van der Waals surface area contributed by atoms with Gasteiger partial charge in [-0.3, -0.25) is 0 Å². The van der Waals surface area contributed by atoms with Crippen molar-refractivity contribution in [3.05, 3.63) is 33.8 Å². The third-order valence-electron chi connectivity index (χ3n) is 4.29. The van der Waals surface area contributed by atoms with Crippen LogP contribution in [0.15, 0.2) is 22.7 Å². The molecule has 1 aliphatic rings. The first-order valence-electron chi connectivity index (χ1n) is 7.62. The predicted octanol–water partition coefficient (Wildman–Crippen LogP) is 4.58. The molecule has 0 amide bonds. The molecular formula is C17H26BrN. The molecule has 0 aliphatic heterocycles. The smallest absolute Gasteiger partial charge is 0.0178 e. The summed E-state index contributed by atoms with van der Waals surface area (Å²) in [6.07, 6.45) is 5.02. The van der Waals surface area contributed by atoms with Crippen molar-refractivity contribution in [1.82, 2.24) is 5.32 Å². The Kier molecular flexibility index (Phi) is 5.47. The fraction of sp³-hybridized carbons (Fsp3) is 0.647. The van der Waals surface area contributed by atoms with Gasteiger partial charge in [-0.05, 0) is 67.3 Å². The van der Waals surface area contributed by atoms with Gasteiger partial charge in [0.15, 0.2) is 0 Å². The average molecular weight is 324 g/mol. The van der Waals surface area contributed by atoms with Gasteiger partial charge in [-0.25, -0.2) is 0 Å². The van der Waals surface area contributed by atoms with Crippen molar-refractivity contribution in [3.63, 3.8) is 0 Å². The minimum absolute atomic E-state index is 0.664. The van der Waals surface area contributed by atoms with E-state index >= 15 is 0 Å². The first kappa shape index (κ1) is 15.1. The van der Waals surface area contributed by atoms with Crippen LogP contribution in [0.1, 0.15) is 44.7 Å². The fourth-order valence-electron chi connectivity index (χ4n) is 3.32. The van der Waals surface area contributed by atoms with Crippen molar-refractivity contribution in [2.45, 2.75) is 52.5 Å². The lowest BCUT2D eigenvalue weighted by Gasteiger charge is -2.35. The van der Waals surface area contributed by atoms with Crippen LogP contribution in [0.3, 0.4) is 0 Å². The summed E-state index contributed by atoms with van der Waals surface area (Å²) in [6.45, 7) is 8.10. The summed E-state index contributed by atoms with van der Waals surface area (Å²) in [5, 5.41) is 3.77. The maximum atomic E-state index is 3.77. The normalized spacial score (nSPS) is 20.4. The SMILES string of the molecule is CCCNC(C(C)C)C1CCc2cc(Br)ccc2C1. The molecular weight excluding hydrogens is 298 g/mol. The van der Waals surface area contributed by atoms with Crippen molar-refractivity contribution in [2.75, 3.05) is 6.54 Å². The van der Waals surface area contributed by atoms with Crippen LogP contribution in [0.4, 0.5) is 0 Å². The highest BCUT2D eigenvalue weighted by Gasteiger charge is 2.27. The Hall–Kier alpha value is -0.340. The summed E-state index contributed by atoms with van der Waals surface area (Å²) in [6, 6.07) is 7.46. The summed E-state index contributed by atoms with van der Waals surface area (Å²) in [7, 11) is 0. The topological polar surface area (TPSA) is 12.0 Å². The minimum atomic E-state index is 0.664. The third-order valence-corrected chi connectivity index (χ3v) is 4.78. The molecule has 0 saturated heterocycles. The molecule has 1 aromatic rings. The Balaban J connectivity index is 2.08. The Morgan fingerprint density at radius 3 is 2.79 bits per heavy atom. The highest BCUT2D eigenvalue weighted by molar-refractivity contribution is 9.10. The van der Waals surface area contributed by atoms with E-state index < -0.39 is 0 Å². The van der Waals surface area contributed by atoms with Crippen LogP contribution in [0.2, 0.25) is 0 Å². The number of hydrogen-bond acceptors (Lipinski definition) is 1. The van der Waals surface area contributed by atoms with Gasteiger partial charge in [0, 0.05) is 10.5 Å². The molecule has 0 heterocycles. The van der Waals surface area contributed by atoms with Crippen LogP contribution in [0.25, 0.3) is 0 Å². The molecule has 2 atom stereocenters. The Morgan fingerprint density at radius 1 is 1.32 bits per heavy atom. The molecule has 106 valence electrons. The lowest BCUT2D eigenvalue weighted by atomic mass is 9.77. The van der Waals surface area contributed by atoms with Crippen molar-refractivity contribution in [3.8, 4) is 0 Å². The van der Waals surface area contributed by atoms with Gasteiger partial charge < -0.3 is 5.32 Å². The minimum Gasteiger partial charge on any atom is -0.313 e. The average Bonchev–Trinajstić information content (AvgIpc) is 2.39. The first-order chi connectivity index (χ1) is 9.11. The molecule has 2 rings (SSSR count). The van der Waals surface area contributed by atoms with Crippen LogP contribution in [0.5, 0.6) is 0 Å². The number of aryl methyl sites for hydroxylation is 1. The second kappa shape index (κ2) is 6.90. The number of rotatable bonds is 5. The van der Waals surface area contributed by atoms with Crippen molar-refractivity contribution in [1.29, 1.82) is 0 Å². The van der Waals surface area contributed by atoms with Crippen LogP contribution >= 0.6 is 15.9 Å². The predicted molar refractivity (Wildman–Crippen MR) is 86.6 cm³/mol. The summed E-state index contributed by atoms with van der Waals surface area (Å²) < 4.78 is 1.22. The molecule has 19 heavy (non-hydrogen) atoms. The van der Waals surface area contributed by atoms with E-state index in [1.165, 1.54) is 30.2 Å². The molecule has 1 aliphatic carbocycles. The Bertz CT molecular complexity index is 414. The van der Waals surface area contributed by atoms with Crippen LogP contribution < -0.4 is 5.32 Å². The lowest BCUT2D eigenvalue weighted by molar-refractivity contribution is 0.259. The van der Waals surface area contributed by atoms with Gasteiger partial charge in [0.05, 0.1) is 0 Å². The van der Waals surface area contributed by atoms with Gasteiger partial charge >= 0.3 is 0 Å². The second-order valence-electron chi connectivity index (χ2n) is 6.14. The number of halogens is 1. The third kappa shape index (κ3) is 3.82.